The van der Waals surface area contributed by atoms with E-state index in [4.69, 9.17) is 5.10 Å². The van der Waals surface area contributed by atoms with Crippen LogP contribution in [0.5, 0.6) is 0 Å². The summed E-state index contributed by atoms with van der Waals surface area (Å²) in [4.78, 5) is 0. The number of hydrogen-bond donors (Lipinski definition) is 0. The van der Waals surface area contributed by atoms with Crippen LogP contribution in [-0.4, -0.2) is 9.78 Å². The molecule has 1 saturated carbocycles. The van der Waals surface area contributed by atoms with E-state index in [1.807, 2.05) is 0 Å². The van der Waals surface area contributed by atoms with Crippen molar-refractivity contribution in [3.05, 3.63) is 46.8 Å². The quantitative estimate of drug-likeness (QED) is 0.774. The first-order chi connectivity index (χ1) is 9.15. The third-order valence-corrected chi connectivity index (χ3v) is 4.25. The second kappa shape index (κ2) is 4.84. The van der Waals surface area contributed by atoms with Gasteiger partial charge < -0.3 is 0 Å². The Balaban J connectivity index is 1.98. The molecule has 1 aliphatic rings. The molecule has 1 heterocycles. The molecule has 1 aromatic heterocycles. The molecule has 0 aliphatic heterocycles. The predicted octanol–water partition coefficient (Wildman–Crippen LogP) is 4.46. The lowest BCUT2D eigenvalue weighted by atomic mass is 10.1. The highest BCUT2D eigenvalue weighted by molar-refractivity contribution is 5.48. The lowest BCUT2D eigenvalue weighted by Gasteiger charge is -2.11. The van der Waals surface area contributed by atoms with Gasteiger partial charge in [0.1, 0.15) is 0 Å². The summed E-state index contributed by atoms with van der Waals surface area (Å²) in [6.07, 6.45) is 7.46. The fraction of sp³-hybridized carbons (Fsp3) is 0.471. The van der Waals surface area contributed by atoms with Crippen LogP contribution in [0.25, 0.3) is 5.69 Å². The highest BCUT2D eigenvalue weighted by atomic mass is 15.3. The van der Waals surface area contributed by atoms with Crippen molar-refractivity contribution in [1.29, 1.82) is 0 Å². The SMILES string of the molecule is Cc1cc(C)c(-n2ccc(C3CCCC3)n2)c(C)c1. The summed E-state index contributed by atoms with van der Waals surface area (Å²) >= 11 is 0. The molecule has 2 aromatic rings. The average molecular weight is 254 g/mol. The number of benzene rings is 1. The molecule has 1 fully saturated rings. The van der Waals surface area contributed by atoms with E-state index in [0.717, 1.165) is 0 Å². The summed E-state index contributed by atoms with van der Waals surface area (Å²) in [6, 6.07) is 6.67. The van der Waals surface area contributed by atoms with Crippen molar-refractivity contribution in [3.63, 3.8) is 0 Å². The Bertz CT molecular complexity index is 566. The molecular formula is C17H22N2. The Morgan fingerprint density at radius 3 is 2.32 bits per heavy atom. The first-order valence-electron chi connectivity index (χ1n) is 7.29. The molecule has 0 unspecified atom stereocenters. The van der Waals surface area contributed by atoms with Crippen molar-refractivity contribution in [2.24, 2.45) is 0 Å². The van der Waals surface area contributed by atoms with Crippen molar-refractivity contribution in [2.45, 2.75) is 52.4 Å². The summed E-state index contributed by atoms with van der Waals surface area (Å²) in [7, 11) is 0. The van der Waals surface area contributed by atoms with Crippen LogP contribution < -0.4 is 0 Å². The van der Waals surface area contributed by atoms with Crippen LogP contribution in [-0.2, 0) is 0 Å². The van der Waals surface area contributed by atoms with Crippen LogP contribution >= 0.6 is 0 Å². The number of aromatic nitrogens is 2. The number of hydrogen-bond acceptors (Lipinski definition) is 1. The van der Waals surface area contributed by atoms with Crippen LogP contribution in [0.4, 0.5) is 0 Å². The van der Waals surface area contributed by atoms with Crippen LogP contribution in [0.1, 0.15) is 54.0 Å². The van der Waals surface area contributed by atoms with Gasteiger partial charge in [-0.2, -0.15) is 5.10 Å². The summed E-state index contributed by atoms with van der Waals surface area (Å²) in [6.45, 7) is 6.50. The minimum Gasteiger partial charge on any atom is -0.240 e. The van der Waals surface area contributed by atoms with Crippen molar-refractivity contribution in [2.75, 3.05) is 0 Å². The van der Waals surface area contributed by atoms with Crippen LogP contribution in [0.15, 0.2) is 24.4 Å². The van der Waals surface area contributed by atoms with Gasteiger partial charge in [0.25, 0.3) is 0 Å². The molecule has 100 valence electrons. The molecule has 0 amide bonds. The predicted molar refractivity (Wildman–Crippen MR) is 79.0 cm³/mol. The lowest BCUT2D eigenvalue weighted by Crippen LogP contribution is -2.03. The zero-order valence-corrected chi connectivity index (χ0v) is 12.1. The van der Waals surface area contributed by atoms with Crippen LogP contribution in [0.2, 0.25) is 0 Å². The summed E-state index contributed by atoms with van der Waals surface area (Å²) in [5.41, 5.74) is 6.45. The van der Waals surface area contributed by atoms with E-state index in [9.17, 15) is 0 Å². The molecule has 0 atom stereocenters. The zero-order valence-electron chi connectivity index (χ0n) is 12.1. The van der Waals surface area contributed by atoms with E-state index in [2.05, 4.69) is 49.8 Å². The van der Waals surface area contributed by atoms with E-state index >= 15 is 0 Å². The maximum absolute atomic E-state index is 4.83. The molecule has 0 saturated heterocycles. The number of nitrogens with zero attached hydrogens (tertiary/aromatic N) is 2. The van der Waals surface area contributed by atoms with Crippen molar-refractivity contribution >= 4 is 0 Å². The second-order valence-corrected chi connectivity index (χ2v) is 5.91. The molecule has 0 bridgehead atoms. The Labute approximate surface area is 115 Å². The normalized spacial score (nSPS) is 16.2. The highest BCUT2D eigenvalue weighted by Crippen LogP contribution is 2.33. The maximum Gasteiger partial charge on any atom is 0.0704 e. The molecule has 1 aliphatic carbocycles. The fourth-order valence-corrected chi connectivity index (χ4v) is 3.44. The summed E-state index contributed by atoms with van der Waals surface area (Å²) < 4.78 is 2.07. The standard InChI is InChI=1S/C17H22N2/c1-12-10-13(2)17(14(3)11-12)19-9-8-16(18-19)15-6-4-5-7-15/h8-11,15H,4-7H2,1-3H3. The Morgan fingerprint density at radius 1 is 1.05 bits per heavy atom. The Hall–Kier alpha value is -1.57. The molecule has 2 heteroatoms. The van der Waals surface area contributed by atoms with Gasteiger partial charge in [-0.3, -0.25) is 0 Å². The highest BCUT2D eigenvalue weighted by Gasteiger charge is 2.20. The zero-order chi connectivity index (χ0) is 13.4. The lowest BCUT2D eigenvalue weighted by molar-refractivity contribution is 0.677. The molecule has 3 rings (SSSR count). The van der Waals surface area contributed by atoms with Gasteiger partial charge in [0.15, 0.2) is 0 Å². The smallest absolute Gasteiger partial charge is 0.0704 e. The first-order valence-corrected chi connectivity index (χ1v) is 7.29. The van der Waals surface area contributed by atoms with E-state index < -0.39 is 0 Å². The summed E-state index contributed by atoms with van der Waals surface area (Å²) in [5, 5.41) is 4.83. The van der Waals surface area contributed by atoms with Gasteiger partial charge in [-0.05, 0) is 50.8 Å². The second-order valence-electron chi connectivity index (χ2n) is 5.91. The van der Waals surface area contributed by atoms with Crippen LogP contribution in [0, 0.1) is 20.8 Å². The van der Waals surface area contributed by atoms with Gasteiger partial charge in [-0.25, -0.2) is 4.68 Å². The molecule has 0 N–H and O–H groups in total. The third kappa shape index (κ3) is 2.32. The van der Waals surface area contributed by atoms with E-state index in [-0.39, 0.29) is 0 Å². The summed E-state index contributed by atoms with van der Waals surface area (Å²) in [5.74, 6) is 0.687. The number of aryl methyl sites for hydroxylation is 3. The van der Waals surface area contributed by atoms with Gasteiger partial charge >= 0.3 is 0 Å². The average Bonchev–Trinajstić information content (AvgIpc) is 2.97. The molecule has 19 heavy (non-hydrogen) atoms. The minimum atomic E-state index is 0.687. The third-order valence-electron chi connectivity index (χ3n) is 4.25. The Morgan fingerprint density at radius 2 is 1.68 bits per heavy atom. The largest absolute Gasteiger partial charge is 0.240 e. The van der Waals surface area contributed by atoms with Crippen molar-refractivity contribution in [1.82, 2.24) is 9.78 Å². The van der Waals surface area contributed by atoms with Crippen molar-refractivity contribution in [3.8, 4) is 5.69 Å². The minimum absolute atomic E-state index is 0.687. The fourth-order valence-electron chi connectivity index (χ4n) is 3.44. The van der Waals surface area contributed by atoms with E-state index in [1.54, 1.807) is 0 Å². The van der Waals surface area contributed by atoms with Gasteiger partial charge in [0, 0.05) is 12.1 Å². The maximum atomic E-state index is 4.83. The molecule has 0 radical (unpaired) electrons. The van der Waals surface area contributed by atoms with Crippen molar-refractivity contribution < 1.29 is 0 Å². The topological polar surface area (TPSA) is 17.8 Å². The van der Waals surface area contributed by atoms with Gasteiger partial charge in [-0.1, -0.05) is 30.5 Å². The van der Waals surface area contributed by atoms with E-state index in [0.29, 0.717) is 5.92 Å². The van der Waals surface area contributed by atoms with Gasteiger partial charge in [-0.15, -0.1) is 0 Å². The number of rotatable bonds is 2. The first kappa shape index (κ1) is 12.5. The molecule has 2 nitrogen and oxygen atoms in total. The molecule has 0 spiro atoms. The van der Waals surface area contributed by atoms with Crippen LogP contribution in [0.3, 0.4) is 0 Å². The van der Waals surface area contributed by atoms with E-state index in [1.165, 1.54) is 53.8 Å². The van der Waals surface area contributed by atoms with Gasteiger partial charge in [0.2, 0.25) is 0 Å². The monoisotopic (exact) mass is 254 g/mol. The Kier molecular flexibility index (Phi) is 3.17. The molecular weight excluding hydrogens is 232 g/mol. The molecule has 1 aromatic carbocycles. The van der Waals surface area contributed by atoms with Gasteiger partial charge in [0.05, 0.1) is 11.4 Å².